The van der Waals surface area contributed by atoms with Crippen LogP contribution in [0, 0.1) is 6.92 Å². The van der Waals surface area contributed by atoms with Gasteiger partial charge in [-0.2, -0.15) is 4.98 Å². The topological polar surface area (TPSA) is 41.6 Å². The van der Waals surface area contributed by atoms with E-state index in [1.165, 1.54) is 5.56 Å². The van der Waals surface area contributed by atoms with Crippen LogP contribution in [0.5, 0.6) is 0 Å². The van der Waals surface area contributed by atoms with Crippen LogP contribution < -0.4 is 0 Å². The molecule has 3 aromatic rings. The summed E-state index contributed by atoms with van der Waals surface area (Å²) < 4.78 is 0. The van der Waals surface area contributed by atoms with E-state index >= 15 is 0 Å². The molecule has 0 unspecified atom stereocenters. The standard InChI is InChI=1S/C11H8ClN3S/c1-6-4-8(16-5-6)9-7-2-3-13-10(7)15-11(12)14-9/h2-5H,1H3,(H,13,14,15). The Morgan fingerprint density at radius 3 is 3.00 bits per heavy atom. The summed E-state index contributed by atoms with van der Waals surface area (Å²) in [6.45, 7) is 2.07. The van der Waals surface area contributed by atoms with Crippen molar-refractivity contribution in [1.82, 2.24) is 15.0 Å². The van der Waals surface area contributed by atoms with Gasteiger partial charge >= 0.3 is 0 Å². The van der Waals surface area contributed by atoms with Crippen molar-refractivity contribution >= 4 is 34.0 Å². The van der Waals surface area contributed by atoms with Gasteiger partial charge in [0.25, 0.3) is 0 Å². The molecule has 0 saturated heterocycles. The summed E-state index contributed by atoms with van der Waals surface area (Å²) >= 11 is 7.57. The maximum absolute atomic E-state index is 5.90. The molecule has 3 nitrogen and oxygen atoms in total. The average molecular weight is 250 g/mol. The third-order valence-electron chi connectivity index (χ3n) is 2.35. The van der Waals surface area contributed by atoms with Crippen LogP contribution in [0.3, 0.4) is 0 Å². The summed E-state index contributed by atoms with van der Waals surface area (Å²) in [5, 5.41) is 3.38. The van der Waals surface area contributed by atoms with Crippen molar-refractivity contribution in [3.63, 3.8) is 0 Å². The lowest BCUT2D eigenvalue weighted by Crippen LogP contribution is -1.87. The largest absolute Gasteiger partial charge is 0.346 e. The van der Waals surface area contributed by atoms with E-state index < -0.39 is 0 Å². The van der Waals surface area contributed by atoms with Crippen LogP contribution in [0.25, 0.3) is 21.6 Å². The summed E-state index contributed by atoms with van der Waals surface area (Å²) in [4.78, 5) is 12.6. The van der Waals surface area contributed by atoms with E-state index in [1.54, 1.807) is 11.3 Å². The van der Waals surface area contributed by atoms with Gasteiger partial charge < -0.3 is 4.98 Å². The number of halogens is 1. The van der Waals surface area contributed by atoms with E-state index in [-0.39, 0.29) is 5.28 Å². The van der Waals surface area contributed by atoms with Crippen molar-refractivity contribution in [2.45, 2.75) is 6.92 Å². The number of nitrogens with one attached hydrogen (secondary N) is 1. The van der Waals surface area contributed by atoms with Gasteiger partial charge in [-0.05, 0) is 41.6 Å². The fraction of sp³-hybridized carbons (Fsp3) is 0.0909. The van der Waals surface area contributed by atoms with Gasteiger partial charge in [0.15, 0.2) is 0 Å². The molecule has 0 saturated carbocycles. The number of hydrogen-bond donors (Lipinski definition) is 1. The van der Waals surface area contributed by atoms with E-state index in [0.717, 1.165) is 21.6 Å². The fourth-order valence-corrected chi connectivity index (χ4v) is 2.73. The lowest BCUT2D eigenvalue weighted by molar-refractivity contribution is 1.21. The lowest BCUT2D eigenvalue weighted by atomic mass is 10.2. The highest BCUT2D eigenvalue weighted by Gasteiger charge is 2.10. The zero-order valence-electron chi connectivity index (χ0n) is 8.49. The average Bonchev–Trinajstić information content (AvgIpc) is 2.84. The van der Waals surface area contributed by atoms with Crippen molar-refractivity contribution in [2.24, 2.45) is 0 Å². The Kier molecular flexibility index (Phi) is 2.19. The first kappa shape index (κ1) is 9.81. The summed E-state index contributed by atoms with van der Waals surface area (Å²) in [6, 6.07) is 4.08. The second-order valence-electron chi connectivity index (χ2n) is 3.57. The maximum atomic E-state index is 5.90. The highest BCUT2D eigenvalue weighted by atomic mass is 35.5. The normalized spacial score (nSPS) is 11.1. The van der Waals surface area contributed by atoms with Crippen molar-refractivity contribution in [3.8, 4) is 10.6 Å². The predicted octanol–water partition coefficient (Wildman–Crippen LogP) is 3.65. The smallest absolute Gasteiger partial charge is 0.224 e. The summed E-state index contributed by atoms with van der Waals surface area (Å²) in [7, 11) is 0. The van der Waals surface area contributed by atoms with Crippen LogP contribution in [0.1, 0.15) is 5.56 Å². The van der Waals surface area contributed by atoms with Gasteiger partial charge in [-0.15, -0.1) is 11.3 Å². The van der Waals surface area contributed by atoms with Crippen LogP contribution in [-0.4, -0.2) is 15.0 Å². The van der Waals surface area contributed by atoms with E-state index in [4.69, 9.17) is 11.6 Å². The van der Waals surface area contributed by atoms with Gasteiger partial charge in [-0.1, -0.05) is 0 Å². The molecule has 3 rings (SSSR count). The number of thiophene rings is 1. The molecule has 80 valence electrons. The molecular weight excluding hydrogens is 242 g/mol. The lowest BCUT2D eigenvalue weighted by Gasteiger charge is -1.99. The van der Waals surface area contributed by atoms with Crippen molar-refractivity contribution in [3.05, 3.63) is 34.6 Å². The Hall–Kier alpha value is -1.39. The number of hydrogen-bond acceptors (Lipinski definition) is 3. The van der Waals surface area contributed by atoms with E-state index in [9.17, 15) is 0 Å². The first-order valence-corrected chi connectivity index (χ1v) is 6.06. The van der Waals surface area contributed by atoms with Gasteiger partial charge in [-0.3, -0.25) is 0 Å². The minimum atomic E-state index is 0.274. The molecule has 0 aliphatic heterocycles. The molecule has 0 amide bonds. The van der Waals surface area contributed by atoms with Crippen LogP contribution in [-0.2, 0) is 0 Å². The zero-order chi connectivity index (χ0) is 11.1. The highest BCUT2D eigenvalue weighted by Crippen LogP contribution is 2.31. The van der Waals surface area contributed by atoms with Crippen LogP contribution in [0.2, 0.25) is 5.28 Å². The molecule has 5 heteroatoms. The summed E-state index contributed by atoms with van der Waals surface area (Å²) in [5.41, 5.74) is 2.91. The molecule has 0 atom stereocenters. The Balaban J connectivity index is 2.33. The number of rotatable bonds is 1. The molecule has 16 heavy (non-hydrogen) atoms. The number of aromatic nitrogens is 3. The minimum absolute atomic E-state index is 0.274. The third kappa shape index (κ3) is 1.50. The molecule has 0 aliphatic carbocycles. The molecule has 1 N–H and O–H groups in total. The zero-order valence-corrected chi connectivity index (χ0v) is 10.1. The molecular formula is C11H8ClN3S. The SMILES string of the molecule is Cc1csc(-c2nc(Cl)nc3[nH]ccc23)c1. The molecule has 0 fully saturated rings. The second-order valence-corrected chi connectivity index (χ2v) is 4.82. The highest BCUT2D eigenvalue weighted by molar-refractivity contribution is 7.13. The molecule has 0 aromatic carbocycles. The van der Waals surface area contributed by atoms with E-state index in [0.29, 0.717) is 0 Å². The van der Waals surface area contributed by atoms with Crippen LogP contribution in [0.15, 0.2) is 23.7 Å². The van der Waals surface area contributed by atoms with Gasteiger partial charge in [0.05, 0.1) is 10.6 Å². The molecule has 0 bridgehead atoms. The quantitative estimate of drug-likeness (QED) is 0.669. The first-order valence-electron chi connectivity index (χ1n) is 4.80. The van der Waals surface area contributed by atoms with E-state index in [2.05, 4.69) is 33.3 Å². The Morgan fingerprint density at radius 1 is 1.38 bits per heavy atom. The summed E-state index contributed by atoms with van der Waals surface area (Å²) in [5.74, 6) is 0. The third-order valence-corrected chi connectivity index (χ3v) is 3.58. The van der Waals surface area contributed by atoms with Crippen molar-refractivity contribution in [2.75, 3.05) is 0 Å². The van der Waals surface area contributed by atoms with Crippen molar-refractivity contribution < 1.29 is 0 Å². The van der Waals surface area contributed by atoms with Crippen molar-refractivity contribution in [1.29, 1.82) is 0 Å². The Labute approximate surface area is 101 Å². The minimum Gasteiger partial charge on any atom is -0.346 e. The Bertz CT molecular complexity index is 656. The van der Waals surface area contributed by atoms with Gasteiger partial charge in [-0.25, -0.2) is 4.98 Å². The molecule has 0 radical (unpaired) electrons. The number of H-pyrrole nitrogens is 1. The number of nitrogens with zero attached hydrogens (tertiary/aromatic N) is 2. The number of fused-ring (bicyclic) bond motifs is 1. The number of aromatic amines is 1. The fourth-order valence-electron chi connectivity index (χ4n) is 1.66. The molecule has 3 aromatic heterocycles. The molecule has 3 heterocycles. The van der Waals surface area contributed by atoms with Gasteiger partial charge in [0.2, 0.25) is 5.28 Å². The predicted molar refractivity (Wildman–Crippen MR) is 66.9 cm³/mol. The van der Waals surface area contributed by atoms with Gasteiger partial charge in [0.1, 0.15) is 5.65 Å². The number of aryl methyl sites for hydroxylation is 1. The van der Waals surface area contributed by atoms with E-state index in [1.807, 2.05) is 12.3 Å². The van der Waals surface area contributed by atoms with Crippen LogP contribution >= 0.6 is 22.9 Å². The molecule has 0 aliphatic rings. The maximum Gasteiger partial charge on any atom is 0.224 e. The summed E-state index contributed by atoms with van der Waals surface area (Å²) in [6.07, 6.45) is 1.85. The Morgan fingerprint density at radius 2 is 2.25 bits per heavy atom. The molecule has 0 spiro atoms. The van der Waals surface area contributed by atoms with Gasteiger partial charge in [0, 0.05) is 11.6 Å². The monoisotopic (exact) mass is 249 g/mol. The first-order chi connectivity index (χ1) is 7.74. The van der Waals surface area contributed by atoms with Crippen LogP contribution in [0.4, 0.5) is 0 Å². The second kappa shape index (κ2) is 3.57.